The molecule has 0 aliphatic carbocycles. The largest absolute Gasteiger partial charge is 0.368 e. The topological polar surface area (TPSA) is 65.1 Å². The lowest BCUT2D eigenvalue weighted by Gasteiger charge is -2.35. The zero-order valence-electron chi connectivity index (χ0n) is 12.1. The Morgan fingerprint density at radius 3 is 2.57 bits per heavy atom. The van der Waals surface area contributed by atoms with Crippen LogP contribution in [-0.2, 0) is 6.42 Å². The lowest BCUT2D eigenvalue weighted by atomic mass is 10.2. The van der Waals surface area contributed by atoms with Gasteiger partial charge in [-0.25, -0.2) is 0 Å². The van der Waals surface area contributed by atoms with Gasteiger partial charge in [-0.3, -0.25) is 14.9 Å². The number of pyridine rings is 1. The number of aryl methyl sites for hydroxylation is 1. The third-order valence-corrected chi connectivity index (χ3v) is 3.83. The molecule has 1 N–H and O–H groups in total. The maximum atomic E-state index is 12.4. The fourth-order valence-corrected chi connectivity index (χ4v) is 2.54. The smallest absolute Gasteiger partial charge is 0.274 e. The second-order valence-corrected chi connectivity index (χ2v) is 5.12. The number of nitrogens with one attached hydrogen (secondary N) is 1. The Bertz CT molecular complexity index is 602. The molecule has 6 heteroatoms. The van der Waals surface area contributed by atoms with Gasteiger partial charge in [0.2, 0.25) is 0 Å². The summed E-state index contributed by atoms with van der Waals surface area (Å²) in [6.45, 7) is 5.14. The van der Waals surface area contributed by atoms with Gasteiger partial charge in [0, 0.05) is 50.0 Å². The molecular weight excluding hydrogens is 266 g/mol. The number of H-pyrrole nitrogens is 1. The van der Waals surface area contributed by atoms with Gasteiger partial charge < -0.3 is 9.80 Å². The van der Waals surface area contributed by atoms with E-state index >= 15 is 0 Å². The third-order valence-electron chi connectivity index (χ3n) is 3.83. The van der Waals surface area contributed by atoms with E-state index in [9.17, 15) is 4.79 Å². The Kier molecular flexibility index (Phi) is 3.85. The highest BCUT2D eigenvalue weighted by atomic mass is 16.2. The summed E-state index contributed by atoms with van der Waals surface area (Å²) in [5.74, 6) is 0.0142. The third kappa shape index (κ3) is 2.89. The molecule has 1 aliphatic heterocycles. The van der Waals surface area contributed by atoms with Crippen LogP contribution in [0.1, 0.15) is 23.1 Å². The maximum absolute atomic E-state index is 12.4. The van der Waals surface area contributed by atoms with Gasteiger partial charge in [0.05, 0.1) is 0 Å². The maximum Gasteiger partial charge on any atom is 0.274 e. The highest BCUT2D eigenvalue weighted by Crippen LogP contribution is 2.16. The fourth-order valence-electron chi connectivity index (χ4n) is 2.54. The molecule has 0 aromatic carbocycles. The van der Waals surface area contributed by atoms with Crippen molar-refractivity contribution in [1.29, 1.82) is 0 Å². The Morgan fingerprint density at radius 2 is 1.95 bits per heavy atom. The number of carbonyl (C=O) groups excluding carboxylic acids is 1. The van der Waals surface area contributed by atoms with Gasteiger partial charge >= 0.3 is 0 Å². The number of aromatic nitrogens is 3. The van der Waals surface area contributed by atoms with E-state index in [2.05, 4.69) is 20.1 Å². The van der Waals surface area contributed by atoms with Crippen molar-refractivity contribution in [2.75, 3.05) is 31.1 Å². The van der Waals surface area contributed by atoms with Crippen LogP contribution < -0.4 is 4.90 Å². The van der Waals surface area contributed by atoms with Crippen LogP contribution in [0.5, 0.6) is 0 Å². The average molecular weight is 285 g/mol. The minimum absolute atomic E-state index is 0.0142. The van der Waals surface area contributed by atoms with Gasteiger partial charge in [-0.05, 0) is 24.6 Å². The number of hydrogen-bond acceptors (Lipinski definition) is 4. The van der Waals surface area contributed by atoms with Crippen molar-refractivity contribution < 1.29 is 4.79 Å². The minimum atomic E-state index is 0.0142. The normalized spacial score (nSPS) is 15.3. The van der Waals surface area contributed by atoms with Gasteiger partial charge in [-0.15, -0.1) is 0 Å². The molecule has 0 saturated carbocycles. The van der Waals surface area contributed by atoms with Gasteiger partial charge in [-0.2, -0.15) is 5.10 Å². The molecule has 3 heterocycles. The number of nitrogens with zero attached hydrogens (tertiary/aromatic N) is 4. The number of anilines is 1. The molecule has 0 bridgehead atoms. The van der Waals surface area contributed by atoms with E-state index in [-0.39, 0.29) is 5.91 Å². The molecule has 21 heavy (non-hydrogen) atoms. The molecule has 3 rings (SSSR count). The first kappa shape index (κ1) is 13.6. The summed E-state index contributed by atoms with van der Waals surface area (Å²) in [5.41, 5.74) is 2.67. The van der Waals surface area contributed by atoms with Gasteiger partial charge in [0.1, 0.15) is 5.69 Å². The number of hydrogen-bond donors (Lipinski definition) is 1. The number of amides is 1. The highest BCUT2D eigenvalue weighted by Gasteiger charge is 2.23. The van der Waals surface area contributed by atoms with Crippen molar-refractivity contribution in [2.24, 2.45) is 0 Å². The standard InChI is InChI=1S/C15H19N5O/c1-2-12-11-14(18-17-12)15(21)20-9-7-19(8-10-20)13-3-5-16-6-4-13/h3-6,11H,2,7-10H2,1H3,(H,17,18). The van der Waals surface area contributed by atoms with Gasteiger partial charge in [0.25, 0.3) is 5.91 Å². The van der Waals surface area contributed by atoms with Crippen LogP contribution in [0.25, 0.3) is 0 Å². The Labute approximate surface area is 123 Å². The summed E-state index contributed by atoms with van der Waals surface area (Å²) in [4.78, 5) is 20.6. The van der Waals surface area contributed by atoms with E-state index in [4.69, 9.17) is 0 Å². The summed E-state index contributed by atoms with van der Waals surface area (Å²) < 4.78 is 0. The fraction of sp³-hybridized carbons (Fsp3) is 0.400. The van der Waals surface area contributed by atoms with Crippen LogP contribution >= 0.6 is 0 Å². The molecule has 1 saturated heterocycles. The van der Waals surface area contributed by atoms with E-state index in [1.807, 2.05) is 30.0 Å². The van der Waals surface area contributed by atoms with Crippen LogP contribution in [-0.4, -0.2) is 52.2 Å². The van der Waals surface area contributed by atoms with Crippen LogP contribution in [0, 0.1) is 0 Å². The second-order valence-electron chi connectivity index (χ2n) is 5.12. The average Bonchev–Trinajstić information content (AvgIpc) is 3.04. The van der Waals surface area contributed by atoms with E-state index in [1.54, 1.807) is 12.4 Å². The van der Waals surface area contributed by atoms with Crippen molar-refractivity contribution in [1.82, 2.24) is 20.1 Å². The van der Waals surface area contributed by atoms with Crippen molar-refractivity contribution in [3.8, 4) is 0 Å². The lowest BCUT2D eigenvalue weighted by Crippen LogP contribution is -2.48. The van der Waals surface area contributed by atoms with Crippen LogP contribution in [0.15, 0.2) is 30.6 Å². The molecule has 2 aromatic heterocycles. The molecule has 0 unspecified atom stereocenters. The molecule has 1 amide bonds. The lowest BCUT2D eigenvalue weighted by molar-refractivity contribution is 0.0741. The monoisotopic (exact) mass is 285 g/mol. The summed E-state index contributed by atoms with van der Waals surface area (Å²) in [7, 11) is 0. The first-order valence-electron chi connectivity index (χ1n) is 7.26. The Balaban J connectivity index is 1.61. The Morgan fingerprint density at radius 1 is 1.24 bits per heavy atom. The Hall–Kier alpha value is -2.37. The quantitative estimate of drug-likeness (QED) is 0.924. The van der Waals surface area contributed by atoms with Crippen molar-refractivity contribution in [2.45, 2.75) is 13.3 Å². The van der Waals surface area contributed by atoms with Gasteiger partial charge in [0.15, 0.2) is 0 Å². The highest BCUT2D eigenvalue weighted by molar-refractivity contribution is 5.92. The molecule has 0 atom stereocenters. The van der Waals surface area contributed by atoms with E-state index in [1.165, 1.54) is 0 Å². The minimum Gasteiger partial charge on any atom is -0.368 e. The molecule has 0 radical (unpaired) electrons. The number of aromatic amines is 1. The second kappa shape index (κ2) is 5.95. The predicted molar refractivity (Wildman–Crippen MR) is 80.3 cm³/mol. The van der Waals surface area contributed by atoms with Gasteiger partial charge in [-0.1, -0.05) is 6.92 Å². The zero-order valence-corrected chi connectivity index (χ0v) is 12.1. The first-order valence-corrected chi connectivity index (χ1v) is 7.26. The first-order chi connectivity index (χ1) is 10.3. The molecule has 0 spiro atoms. The molecule has 1 fully saturated rings. The number of rotatable bonds is 3. The molecule has 2 aromatic rings. The van der Waals surface area contributed by atoms with E-state index in [0.29, 0.717) is 5.69 Å². The van der Waals surface area contributed by atoms with Crippen LogP contribution in [0.3, 0.4) is 0 Å². The molecule has 1 aliphatic rings. The van der Waals surface area contributed by atoms with Crippen molar-refractivity contribution >= 4 is 11.6 Å². The van der Waals surface area contributed by atoms with Crippen molar-refractivity contribution in [3.63, 3.8) is 0 Å². The molecule has 110 valence electrons. The number of piperazine rings is 1. The van der Waals surface area contributed by atoms with Crippen molar-refractivity contribution in [3.05, 3.63) is 42.0 Å². The van der Waals surface area contributed by atoms with E-state index < -0.39 is 0 Å². The molecule has 6 nitrogen and oxygen atoms in total. The molecular formula is C15H19N5O. The SMILES string of the molecule is CCc1cc(C(=O)N2CCN(c3ccncc3)CC2)n[nH]1. The summed E-state index contributed by atoms with van der Waals surface area (Å²) >= 11 is 0. The summed E-state index contributed by atoms with van der Waals surface area (Å²) in [5, 5.41) is 7.00. The number of carbonyl (C=O) groups is 1. The summed E-state index contributed by atoms with van der Waals surface area (Å²) in [6.07, 6.45) is 4.45. The predicted octanol–water partition coefficient (Wildman–Crippen LogP) is 1.33. The zero-order chi connectivity index (χ0) is 14.7. The van der Waals surface area contributed by atoms with Crippen LogP contribution in [0.4, 0.5) is 5.69 Å². The van der Waals surface area contributed by atoms with Crippen LogP contribution in [0.2, 0.25) is 0 Å². The summed E-state index contributed by atoms with van der Waals surface area (Å²) in [6, 6.07) is 5.84. The van der Waals surface area contributed by atoms with E-state index in [0.717, 1.165) is 44.0 Å².